The Balaban J connectivity index is 1.39. The largest absolute Gasteiger partial charge is 0.444 e. The van der Waals surface area contributed by atoms with Crippen LogP contribution < -0.4 is 5.32 Å². The number of benzene rings is 3. The third kappa shape index (κ3) is 11.2. The summed E-state index contributed by atoms with van der Waals surface area (Å²) in [6.45, 7) is 8.65. The highest BCUT2D eigenvalue weighted by atomic mass is 32.2. The van der Waals surface area contributed by atoms with Gasteiger partial charge in [-0.2, -0.15) is 8.42 Å². The van der Waals surface area contributed by atoms with E-state index in [1.165, 1.54) is 21.9 Å². The van der Waals surface area contributed by atoms with Crippen LogP contribution >= 0.6 is 0 Å². The molecule has 3 heterocycles. The molecular formula is C43H52F3N5O7S. The number of likely N-dealkylation sites (tertiary alicyclic amines) is 1. The van der Waals surface area contributed by atoms with Crippen LogP contribution in [0.1, 0.15) is 63.5 Å². The van der Waals surface area contributed by atoms with Gasteiger partial charge in [-0.05, 0) is 89.3 Å². The molecule has 1 aromatic heterocycles. The van der Waals surface area contributed by atoms with Crippen LogP contribution in [-0.2, 0) is 30.3 Å². The molecule has 1 N–H and O–H groups in total. The van der Waals surface area contributed by atoms with Gasteiger partial charge in [0.15, 0.2) is 0 Å². The normalized spacial score (nSPS) is 18.7. The second kappa shape index (κ2) is 18.6. The molecule has 2 unspecified atom stereocenters. The smallest absolute Gasteiger partial charge is 0.410 e. The Kier molecular flexibility index (Phi) is 13.7. The fraction of sp³-hybridized carbons (Fsp3) is 0.465. The molecule has 12 nitrogen and oxygen atoms in total. The van der Waals surface area contributed by atoms with Crippen molar-refractivity contribution >= 4 is 22.2 Å². The minimum Gasteiger partial charge on any atom is -0.444 e. The summed E-state index contributed by atoms with van der Waals surface area (Å²) in [5.41, 5.74) is 0.975. The molecule has 2 saturated heterocycles. The Bertz CT molecular complexity index is 2180. The van der Waals surface area contributed by atoms with Crippen LogP contribution in [0.3, 0.4) is 0 Å². The average molecular weight is 840 g/mol. The van der Waals surface area contributed by atoms with Crippen LogP contribution in [0, 0.1) is 30.4 Å². The van der Waals surface area contributed by atoms with Crippen LogP contribution in [0.25, 0.3) is 11.3 Å². The molecule has 6 rings (SSSR count). The van der Waals surface area contributed by atoms with E-state index in [9.17, 15) is 22.4 Å². The van der Waals surface area contributed by atoms with Crippen molar-refractivity contribution in [2.24, 2.45) is 11.8 Å². The molecule has 2 fully saturated rings. The maximum absolute atomic E-state index is 16.1. The number of rotatable bonds is 13. The van der Waals surface area contributed by atoms with Gasteiger partial charge >= 0.3 is 12.1 Å². The van der Waals surface area contributed by atoms with Crippen molar-refractivity contribution < 1.29 is 44.8 Å². The molecule has 0 radical (unpaired) electrons. The SMILES string of the molecule is Cc1ccc(S(=O)(=O)OC[C@H](C)NC(=O)N(CC2CN(C(=O)OC(C)(C)C)CC2F)[C@@H](c2nc(-c3cc(F)ccc3F)cn2Cc2ccccc2)C2CCOCC2)cc1. The number of aryl methyl sites for hydroxylation is 1. The molecule has 59 heavy (non-hydrogen) atoms. The van der Waals surface area contributed by atoms with E-state index in [0.29, 0.717) is 31.9 Å². The third-order valence-corrected chi connectivity index (χ3v) is 11.7. The Labute approximate surface area is 343 Å². The number of imidazole rings is 1. The van der Waals surface area contributed by atoms with Crippen LogP contribution in [-0.4, -0.2) is 97.2 Å². The summed E-state index contributed by atoms with van der Waals surface area (Å²) >= 11 is 0. The van der Waals surface area contributed by atoms with Crippen LogP contribution in [0.4, 0.5) is 22.8 Å². The molecule has 2 aliphatic heterocycles. The third-order valence-electron chi connectivity index (χ3n) is 10.4. The number of ether oxygens (including phenoxy) is 2. The highest BCUT2D eigenvalue weighted by molar-refractivity contribution is 7.86. The standard InChI is InChI=1S/C43H52F3N5O7S/c1-28-11-14-34(15-12-28)59(54,55)57-27-29(2)47-41(52)51(24-32-23-50(25-37(32)46)42(53)58-43(3,4)5)39(31-17-19-56-20-18-31)40-48-38(35-21-33(44)13-16-36(35)45)26-49(40)22-30-9-7-6-8-10-30/h6-16,21,26,29,31-32,37,39H,17-20,22-25,27H2,1-5H3,(H,47,52)/t29-,32?,37?,39+/m0/s1. The zero-order chi connectivity index (χ0) is 42.5. The van der Waals surface area contributed by atoms with Crippen LogP contribution in [0.5, 0.6) is 0 Å². The van der Waals surface area contributed by atoms with Gasteiger partial charge in [-0.1, -0.05) is 48.0 Å². The number of urea groups is 1. The summed E-state index contributed by atoms with van der Waals surface area (Å²) in [4.78, 5) is 35.5. The van der Waals surface area contributed by atoms with E-state index in [2.05, 4.69) is 5.32 Å². The van der Waals surface area contributed by atoms with Gasteiger partial charge in [-0.3, -0.25) is 4.18 Å². The summed E-state index contributed by atoms with van der Waals surface area (Å²) < 4.78 is 90.6. The number of carbonyl (C=O) groups is 2. The second-order valence-corrected chi connectivity index (χ2v) is 17.9. The van der Waals surface area contributed by atoms with Gasteiger partial charge in [0.2, 0.25) is 0 Å². The molecule has 3 amide bonds. The number of carbonyl (C=O) groups excluding carboxylic acids is 2. The number of aromatic nitrogens is 2. The van der Waals surface area contributed by atoms with Gasteiger partial charge in [0.05, 0.1) is 35.8 Å². The van der Waals surface area contributed by atoms with E-state index in [1.54, 1.807) is 50.6 Å². The average Bonchev–Trinajstić information content (AvgIpc) is 3.77. The topological polar surface area (TPSA) is 132 Å². The number of hydrogen-bond acceptors (Lipinski definition) is 8. The molecule has 2 aliphatic rings. The molecule has 0 bridgehead atoms. The number of alkyl halides is 1. The molecule has 318 valence electrons. The van der Waals surface area contributed by atoms with E-state index in [1.807, 2.05) is 37.3 Å². The van der Waals surface area contributed by atoms with Gasteiger partial charge in [0, 0.05) is 50.5 Å². The van der Waals surface area contributed by atoms with Crippen molar-refractivity contribution in [2.45, 2.75) is 82.8 Å². The first-order valence-electron chi connectivity index (χ1n) is 19.8. The Hall–Kier alpha value is -4.93. The Morgan fingerprint density at radius 1 is 1.02 bits per heavy atom. The Morgan fingerprint density at radius 2 is 1.71 bits per heavy atom. The van der Waals surface area contributed by atoms with E-state index in [0.717, 1.165) is 29.3 Å². The van der Waals surface area contributed by atoms with Crippen molar-refractivity contribution in [3.8, 4) is 11.3 Å². The minimum absolute atomic E-state index is 0.0385. The predicted octanol–water partition coefficient (Wildman–Crippen LogP) is 7.66. The van der Waals surface area contributed by atoms with E-state index >= 15 is 8.78 Å². The maximum atomic E-state index is 16.1. The summed E-state index contributed by atoms with van der Waals surface area (Å²) in [5.74, 6) is -2.17. The molecule has 16 heteroatoms. The fourth-order valence-corrected chi connectivity index (χ4v) is 8.38. The number of hydrogen-bond donors (Lipinski definition) is 1. The van der Waals surface area contributed by atoms with Crippen molar-refractivity contribution in [2.75, 3.05) is 39.5 Å². The molecule has 0 saturated carbocycles. The summed E-state index contributed by atoms with van der Waals surface area (Å²) in [6.07, 6.45) is 0.372. The first-order chi connectivity index (χ1) is 28.0. The number of halogens is 3. The van der Waals surface area contributed by atoms with Crippen molar-refractivity contribution in [1.29, 1.82) is 0 Å². The zero-order valence-electron chi connectivity index (χ0n) is 33.9. The number of amides is 3. The first kappa shape index (κ1) is 43.6. The lowest BCUT2D eigenvalue weighted by molar-refractivity contribution is 0.0234. The number of nitrogens with zero attached hydrogens (tertiary/aromatic N) is 4. The first-order valence-corrected chi connectivity index (χ1v) is 21.2. The molecular weight excluding hydrogens is 788 g/mol. The van der Waals surface area contributed by atoms with E-state index in [-0.39, 0.29) is 48.2 Å². The summed E-state index contributed by atoms with van der Waals surface area (Å²) in [6, 6.07) is 16.3. The summed E-state index contributed by atoms with van der Waals surface area (Å²) in [7, 11) is -4.17. The lowest BCUT2D eigenvalue weighted by atomic mass is 9.89. The van der Waals surface area contributed by atoms with Gasteiger partial charge in [0.25, 0.3) is 10.1 Å². The van der Waals surface area contributed by atoms with E-state index < -0.39 is 70.3 Å². The number of nitrogens with one attached hydrogen (secondary N) is 1. The molecule has 0 aliphatic carbocycles. The zero-order valence-corrected chi connectivity index (χ0v) is 34.8. The minimum atomic E-state index is -4.17. The molecule has 0 spiro atoms. The van der Waals surface area contributed by atoms with Crippen molar-refractivity contribution in [1.82, 2.24) is 24.7 Å². The lowest BCUT2D eigenvalue weighted by Gasteiger charge is -2.40. The molecule has 4 atom stereocenters. The van der Waals surface area contributed by atoms with E-state index in [4.69, 9.17) is 18.6 Å². The quantitative estimate of drug-likeness (QED) is 0.136. The highest BCUT2D eigenvalue weighted by Crippen LogP contribution is 2.39. The van der Waals surface area contributed by atoms with Gasteiger partial charge in [-0.25, -0.2) is 27.7 Å². The maximum Gasteiger partial charge on any atom is 0.410 e. The Morgan fingerprint density at radius 3 is 2.39 bits per heavy atom. The van der Waals surface area contributed by atoms with Gasteiger partial charge in [-0.15, -0.1) is 0 Å². The van der Waals surface area contributed by atoms with Crippen LogP contribution in [0.2, 0.25) is 0 Å². The van der Waals surface area contributed by atoms with Crippen molar-refractivity contribution in [3.63, 3.8) is 0 Å². The predicted molar refractivity (Wildman–Crippen MR) is 215 cm³/mol. The molecule has 3 aromatic carbocycles. The van der Waals surface area contributed by atoms with Crippen LogP contribution in [0.15, 0.2) is 83.9 Å². The fourth-order valence-electron chi connectivity index (χ4n) is 7.39. The highest BCUT2D eigenvalue weighted by Gasteiger charge is 2.43. The van der Waals surface area contributed by atoms with Crippen molar-refractivity contribution in [3.05, 3.63) is 108 Å². The monoisotopic (exact) mass is 839 g/mol. The summed E-state index contributed by atoms with van der Waals surface area (Å²) in [5, 5.41) is 2.87. The van der Waals surface area contributed by atoms with Gasteiger partial charge < -0.3 is 29.2 Å². The molecule has 4 aromatic rings. The van der Waals surface area contributed by atoms with Gasteiger partial charge in [0.1, 0.15) is 29.2 Å². The lowest BCUT2D eigenvalue weighted by Crippen LogP contribution is -2.52. The second-order valence-electron chi connectivity index (χ2n) is 16.3.